The number of alkyl carbamates (subject to hydrolysis) is 1. The molecule has 1 N–H and O–H groups in total. The van der Waals surface area contributed by atoms with E-state index in [-0.39, 0.29) is 5.92 Å². The normalized spacial score (nSPS) is 30.3. The van der Waals surface area contributed by atoms with E-state index in [4.69, 9.17) is 9.47 Å². The first kappa shape index (κ1) is 20.0. The van der Waals surface area contributed by atoms with Crippen molar-refractivity contribution in [2.24, 2.45) is 11.8 Å². The van der Waals surface area contributed by atoms with Crippen molar-refractivity contribution in [2.75, 3.05) is 7.11 Å². The molecular formula is C19H32FNO4. The van der Waals surface area contributed by atoms with Crippen molar-refractivity contribution < 1.29 is 23.5 Å². The highest BCUT2D eigenvalue weighted by atomic mass is 19.1. The lowest BCUT2D eigenvalue weighted by Crippen LogP contribution is -2.45. The maximum absolute atomic E-state index is 14.8. The van der Waals surface area contributed by atoms with E-state index in [1.807, 2.05) is 0 Å². The Labute approximate surface area is 150 Å². The molecule has 0 heterocycles. The maximum Gasteiger partial charge on any atom is 0.408 e. The predicted molar refractivity (Wildman–Crippen MR) is 92.9 cm³/mol. The molecule has 0 saturated heterocycles. The molecule has 144 valence electrons. The van der Waals surface area contributed by atoms with Crippen molar-refractivity contribution in [3.8, 4) is 0 Å². The van der Waals surface area contributed by atoms with Gasteiger partial charge < -0.3 is 14.8 Å². The number of carbonyl (C=O) groups excluding carboxylic acids is 2. The van der Waals surface area contributed by atoms with E-state index in [9.17, 15) is 14.0 Å². The van der Waals surface area contributed by atoms with Crippen LogP contribution >= 0.6 is 0 Å². The third-order valence-corrected chi connectivity index (χ3v) is 5.25. The molecule has 2 aliphatic carbocycles. The number of halogens is 1. The largest absolute Gasteiger partial charge is 0.467 e. The topological polar surface area (TPSA) is 64.6 Å². The molecule has 6 heteroatoms. The van der Waals surface area contributed by atoms with Crippen LogP contribution in [0.4, 0.5) is 9.18 Å². The number of carbonyl (C=O) groups is 2. The highest BCUT2D eigenvalue weighted by Crippen LogP contribution is 2.48. The van der Waals surface area contributed by atoms with Crippen molar-refractivity contribution in [1.82, 2.24) is 5.32 Å². The summed E-state index contributed by atoms with van der Waals surface area (Å²) in [6, 6.07) is -0.753. The van der Waals surface area contributed by atoms with Crippen LogP contribution < -0.4 is 5.32 Å². The molecular weight excluding hydrogens is 325 g/mol. The van der Waals surface area contributed by atoms with Gasteiger partial charge in [0.1, 0.15) is 17.3 Å². The third-order valence-electron chi connectivity index (χ3n) is 5.25. The van der Waals surface area contributed by atoms with Gasteiger partial charge in [0.15, 0.2) is 0 Å². The zero-order valence-electron chi connectivity index (χ0n) is 15.9. The van der Waals surface area contributed by atoms with E-state index in [0.717, 1.165) is 19.3 Å². The monoisotopic (exact) mass is 357 g/mol. The molecule has 5 nitrogen and oxygen atoms in total. The van der Waals surface area contributed by atoms with Crippen LogP contribution in [0.25, 0.3) is 0 Å². The molecule has 4 atom stereocenters. The highest BCUT2D eigenvalue weighted by Gasteiger charge is 2.43. The fourth-order valence-electron chi connectivity index (χ4n) is 4.35. The molecule has 0 aromatic carbocycles. The lowest BCUT2D eigenvalue weighted by atomic mass is 9.65. The second kappa shape index (κ2) is 7.92. The summed E-state index contributed by atoms with van der Waals surface area (Å²) in [5.41, 5.74) is -1.66. The molecule has 0 aromatic rings. The van der Waals surface area contributed by atoms with Crippen molar-refractivity contribution in [1.29, 1.82) is 0 Å². The van der Waals surface area contributed by atoms with Crippen LogP contribution in [0.3, 0.4) is 0 Å². The molecule has 2 rings (SSSR count). The Balaban J connectivity index is 1.89. The van der Waals surface area contributed by atoms with Gasteiger partial charge in [0, 0.05) is 0 Å². The molecule has 2 fully saturated rings. The Kier molecular flexibility index (Phi) is 6.33. The molecule has 0 aliphatic heterocycles. The SMILES string of the molecule is COC(=O)[C@H](CCC1CC2CCCC(F)(C2)C1)NC(=O)OC(C)(C)C. The van der Waals surface area contributed by atoms with Crippen LogP contribution in [-0.2, 0) is 14.3 Å². The predicted octanol–water partition coefficient (Wildman–Crippen LogP) is 4.14. The fourth-order valence-corrected chi connectivity index (χ4v) is 4.35. The minimum Gasteiger partial charge on any atom is -0.467 e. The van der Waals surface area contributed by atoms with Crippen LogP contribution in [0.1, 0.15) is 72.1 Å². The van der Waals surface area contributed by atoms with Crippen molar-refractivity contribution in [2.45, 2.75) is 89.4 Å². The van der Waals surface area contributed by atoms with E-state index in [1.54, 1.807) is 20.8 Å². The average molecular weight is 357 g/mol. The molecule has 0 spiro atoms. The smallest absolute Gasteiger partial charge is 0.408 e. The summed E-state index contributed by atoms with van der Waals surface area (Å²) in [4.78, 5) is 23.9. The second-order valence-corrected chi connectivity index (χ2v) is 8.72. The molecule has 1 amide bonds. The van der Waals surface area contributed by atoms with Gasteiger partial charge in [0.05, 0.1) is 7.11 Å². The van der Waals surface area contributed by atoms with Gasteiger partial charge in [-0.2, -0.15) is 0 Å². The quantitative estimate of drug-likeness (QED) is 0.751. The molecule has 0 radical (unpaired) electrons. The molecule has 2 aliphatic rings. The van der Waals surface area contributed by atoms with E-state index < -0.39 is 29.4 Å². The first-order valence-corrected chi connectivity index (χ1v) is 9.36. The fraction of sp³-hybridized carbons (Fsp3) is 0.895. The van der Waals surface area contributed by atoms with Gasteiger partial charge in [-0.25, -0.2) is 14.0 Å². The number of amides is 1. The number of rotatable bonds is 5. The van der Waals surface area contributed by atoms with Gasteiger partial charge in [-0.1, -0.05) is 6.42 Å². The van der Waals surface area contributed by atoms with Gasteiger partial charge >= 0.3 is 12.1 Å². The number of methoxy groups -OCH3 is 1. The zero-order valence-corrected chi connectivity index (χ0v) is 15.9. The van der Waals surface area contributed by atoms with Crippen LogP contribution in [0.15, 0.2) is 0 Å². The summed E-state index contributed by atoms with van der Waals surface area (Å²) in [5, 5.41) is 2.59. The summed E-state index contributed by atoms with van der Waals surface area (Å²) in [6.07, 6.45) is 5.56. The van der Waals surface area contributed by atoms with Crippen LogP contribution in [0.2, 0.25) is 0 Å². The minimum absolute atomic E-state index is 0.261. The zero-order chi connectivity index (χ0) is 18.7. The lowest BCUT2D eigenvalue weighted by molar-refractivity contribution is -0.143. The number of hydrogen-bond donors (Lipinski definition) is 1. The Hall–Kier alpha value is -1.33. The highest BCUT2D eigenvalue weighted by molar-refractivity contribution is 5.81. The Bertz CT molecular complexity index is 490. The Morgan fingerprint density at radius 3 is 2.64 bits per heavy atom. The molecule has 25 heavy (non-hydrogen) atoms. The maximum atomic E-state index is 14.8. The van der Waals surface area contributed by atoms with Gasteiger partial charge in [0.25, 0.3) is 0 Å². The summed E-state index contributed by atoms with van der Waals surface area (Å²) >= 11 is 0. The summed E-state index contributed by atoms with van der Waals surface area (Å²) in [6.45, 7) is 5.30. The Morgan fingerprint density at radius 2 is 2.04 bits per heavy atom. The number of nitrogens with one attached hydrogen (secondary N) is 1. The first-order chi connectivity index (χ1) is 11.6. The summed E-state index contributed by atoms with van der Waals surface area (Å²) in [5.74, 6) is 0.237. The van der Waals surface area contributed by atoms with E-state index in [1.165, 1.54) is 7.11 Å². The molecule has 2 bridgehead atoms. The molecule has 2 saturated carbocycles. The average Bonchev–Trinajstić information content (AvgIpc) is 2.47. The standard InChI is InChI=1S/C19H32FNO4/c1-18(2,3)25-17(23)21-15(16(22)24-4)8-7-14-10-13-6-5-9-19(20,11-13)12-14/h13-15H,5-12H2,1-4H3,(H,21,23)/t13?,14?,15-,19?/m0/s1. The number of alkyl halides is 1. The number of fused-ring (bicyclic) bond motifs is 2. The van der Waals surface area contributed by atoms with Crippen LogP contribution in [0, 0.1) is 11.8 Å². The van der Waals surface area contributed by atoms with Crippen molar-refractivity contribution in [3.05, 3.63) is 0 Å². The minimum atomic E-state index is -1.02. The first-order valence-electron chi connectivity index (χ1n) is 9.36. The number of ether oxygens (including phenoxy) is 2. The van der Waals surface area contributed by atoms with E-state index in [0.29, 0.717) is 38.0 Å². The summed E-state index contributed by atoms with van der Waals surface area (Å²) < 4.78 is 24.8. The van der Waals surface area contributed by atoms with E-state index >= 15 is 0 Å². The third kappa shape index (κ3) is 6.15. The number of hydrogen-bond acceptors (Lipinski definition) is 4. The van der Waals surface area contributed by atoms with Gasteiger partial charge in [-0.3, -0.25) is 0 Å². The van der Waals surface area contributed by atoms with E-state index in [2.05, 4.69) is 5.32 Å². The van der Waals surface area contributed by atoms with Crippen molar-refractivity contribution in [3.63, 3.8) is 0 Å². The van der Waals surface area contributed by atoms with Crippen LogP contribution in [-0.4, -0.2) is 36.5 Å². The van der Waals surface area contributed by atoms with Gasteiger partial charge in [-0.05, 0) is 77.6 Å². The van der Waals surface area contributed by atoms with Crippen LogP contribution in [0.5, 0.6) is 0 Å². The summed E-state index contributed by atoms with van der Waals surface area (Å²) in [7, 11) is 1.30. The van der Waals surface area contributed by atoms with Gasteiger partial charge in [-0.15, -0.1) is 0 Å². The lowest BCUT2D eigenvalue weighted by Gasteiger charge is -2.43. The Morgan fingerprint density at radius 1 is 1.32 bits per heavy atom. The molecule has 3 unspecified atom stereocenters. The van der Waals surface area contributed by atoms with Gasteiger partial charge in [0.2, 0.25) is 0 Å². The molecule has 0 aromatic heterocycles. The number of esters is 1. The van der Waals surface area contributed by atoms with Crippen molar-refractivity contribution >= 4 is 12.1 Å². The second-order valence-electron chi connectivity index (χ2n) is 8.72.